The van der Waals surface area contributed by atoms with Gasteiger partial charge in [0.1, 0.15) is 0 Å². The van der Waals surface area contributed by atoms with Gasteiger partial charge in [-0.15, -0.1) is 0 Å². The van der Waals surface area contributed by atoms with Crippen LogP contribution in [-0.4, -0.2) is 52.9 Å². The van der Waals surface area contributed by atoms with E-state index < -0.39 is 0 Å². The maximum atomic E-state index is 12.7. The summed E-state index contributed by atoms with van der Waals surface area (Å²) >= 11 is 0. The van der Waals surface area contributed by atoms with E-state index in [9.17, 15) is 4.79 Å². The van der Waals surface area contributed by atoms with Crippen molar-refractivity contribution < 1.29 is 4.79 Å². The molecular formula is C17H23N3O. The molecule has 2 heterocycles. The number of benzene rings is 1. The van der Waals surface area contributed by atoms with Crippen molar-refractivity contribution >= 4 is 16.8 Å². The van der Waals surface area contributed by atoms with Crippen molar-refractivity contribution in [2.45, 2.75) is 26.3 Å². The molecule has 0 aliphatic carbocycles. The van der Waals surface area contributed by atoms with Crippen LogP contribution in [0.2, 0.25) is 0 Å². The predicted molar refractivity (Wildman–Crippen MR) is 85.5 cm³/mol. The Kier molecular flexibility index (Phi) is 3.97. The van der Waals surface area contributed by atoms with Gasteiger partial charge >= 0.3 is 0 Å². The number of fused-ring (bicyclic) bond motifs is 1. The lowest BCUT2D eigenvalue weighted by atomic mass is 10.1. The van der Waals surface area contributed by atoms with Crippen LogP contribution < -0.4 is 0 Å². The number of piperazine rings is 1. The standard InChI is InChI=1S/C17H23N3O/c1-3-13(2)19-8-10-20(11-9-19)17(21)15-12-18-16-7-5-4-6-14(15)16/h4-7,12-13,18H,3,8-11H2,1-2H3. The summed E-state index contributed by atoms with van der Waals surface area (Å²) in [5, 5.41) is 1.02. The second-order valence-electron chi connectivity index (χ2n) is 5.83. The van der Waals surface area contributed by atoms with Crippen molar-refractivity contribution in [1.82, 2.24) is 14.8 Å². The first-order chi connectivity index (χ1) is 10.2. The molecule has 0 radical (unpaired) electrons. The summed E-state index contributed by atoms with van der Waals surface area (Å²) in [6.45, 7) is 8.07. The Morgan fingerprint density at radius 2 is 1.95 bits per heavy atom. The minimum Gasteiger partial charge on any atom is -0.360 e. The number of hydrogen-bond acceptors (Lipinski definition) is 2. The first-order valence-electron chi connectivity index (χ1n) is 7.80. The molecule has 4 nitrogen and oxygen atoms in total. The zero-order chi connectivity index (χ0) is 14.8. The van der Waals surface area contributed by atoms with Crippen molar-refractivity contribution in [3.05, 3.63) is 36.0 Å². The number of nitrogens with zero attached hydrogens (tertiary/aromatic N) is 2. The minimum absolute atomic E-state index is 0.149. The predicted octanol–water partition coefficient (Wildman–Crippen LogP) is 2.72. The van der Waals surface area contributed by atoms with E-state index >= 15 is 0 Å². The molecule has 1 fully saturated rings. The van der Waals surface area contributed by atoms with E-state index in [1.54, 1.807) is 0 Å². The molecule has 0 saturated carbocycles. The third-order valence-electron chi connectivity index (χ3n) is 4.64. The molecule has 1 amide bonds. The highest BCUT2D eigenvalue weighted by molar-refractivity contribution is 6.06. The van der Waals surface area contributed by atoms with Crippen molar-refractivity contribution in [2.24, 2.45) is 0 Å². The Bertz CT molecular complexity index is 626. The van der Waals surface area contributed by atoms with Crippen LogP contribution in [-0.2, 0) is 0 Å². The van der Waals surface area contributed by atoms with Gasteiger partial charge in [-0.3, -0.25) is 9.69 Å². The summed E-state index contributed by atoms with van der Waals surface area (Å²) in [7, 11) is 0. The van der Waals surface area contributed by atoms with Gasteiger partial charge in [-0.2, -0.15) is 0 Å². The fourth-order valence-corrected chi connectivity index (χ4v) is 3.04. The van der Waals surface area contributed by atoms with Gasteiger partial charge in [-0.1, -0.05) is 25.1 Å². The van der Waals surface area contributed by atoms with Gasteiger partial charge < -0.3 is 9.88 Å². The molecule has 1 unspecified atom stereocenters. The zero-order valence-corrected chi connectivity index (χ0v) is 12.8. The largest absolute Gasteiger partial charge is 0.360 e. The smallest absolute Gasteiger partial charge is 0.256 e. The lowest BCUT2D eigenvalue weighted by Crippen LogP contribution is -2.51. The molecular weight excluding hydrogens is 262 g/mol. The summed E-state index contributed by atoms with van der Waals surface area (Å²) in [6.07, 6.45) is 3.00. The summed E-state index contributed by atoms with van der Waals surface area (Å²) in [5.41, 5.74) is 1.82. The minimum atomic E-state index is 0.149. The number of carbonyl (C=O) groups excluding carboxylic acids is 1. The molecule has 1 aromatic carbocycles. The molecule has 1 saturated heterocycles. The van der Waals surface area contributed by atoms with Crippen molar-refractivity contribution in [3.8, 4) is 0 Å². The third-order valence-corrected chi connectivity index (χ3v) is 4.64. The van der Waals surface area contributed by atoms with E-state index in [2.05, 4.69) is 23.7 Å². The fourth-order valence-electron chi connectivity index (χ4n) is 3.04. The number of carbonyl (C=O) groups is 1. The third kappa shape index (κ3) is 2.68. The Morgan fingerprint density at radius 3 is 2.67 bits per heavy atom. The van der Waals surface area contributed by atoms with E-state index in [1.165, 1.54) is 0 Å². The van der Waals surface area contributed by atoms with E-state index in [0.29, 0.717) is 6.04 Å². The number of nitrogens with one attached hydrogen (secondary N) is 1. The molecule has 1 aliphatic heterocycles. The van der Waals surface area contributed by atoms with Crippen LogP contribution in [0.15, 0.2) is 30.5 Å². The molecule has 112 valence electrons. The second-order valence-corrected chi connectivity index (χ2v) is 5.83. The van der Waals surface area contributed by atoms with Crippen LogP contribution in [0.3, 0.4) is 0 Å². The van der Waals surface area contributed by atoms with Crippen molar-refractivity contribution in [1.29, 1.82) is 0 Å². The van der Waals surface area contributed by atoms with Crippen molar-refractivity contribution in [2.75, 3.05) is 26.2 Å². The highest BCUT2D eigenvalue weighted by Gasteiger charge is 2.25. The monoisotopic (exact) mass is 285 g/mol. The van der Waals surface area contributed by atoms with Gasteiger partial charge in [0, 0.05) is 49.3 Å². The molecule has 0 bridgehead atoms. The molecule has 1 aliphatic rings. The maximum absolute atomic E-state index is 12.7. The van der Waals surface area contributed by atoms with Crippen LogP contribution in [0.4, 0.5) is 0 Å². The summed E-state index contributed by atoms with van der Waals surface area (Å²) < 4.78 is 0. The van der Waals surface area contributed by atoms with Gasteiger partial charge in [0.05, 0.1) is 5.56 Å². The lowest BCUT2D eigenvalue weighted by molar-refractivity contribution is 0.0581. The van der Waals surface area contributed by atoms with Gasteiger partial charge in [-0.25, -0.2) is 0 Å². The normalized spacial score (nSPS) is 18.1. The summed E-state index contributed by atoms with van der Waals surface area (Å²) in [5.74, 6) is 0.149. The van der Waals surface area contributed by atoms with Gasteiger partial charge in [0.25, 0.3) is 5.91 Å². The zero-order valence-electron chi connectivity index (χ0n) is 12.8. The fraction of sp³-hybridized carbons (Fsp3) is 0.471. The summed E-state index contributed by atoms with van der Waals surface area (Å²) in [6, 6.07) is 8.59. The van der Waals surface area contributed by atoms with E-state index in [0.717, 1.165) is 49.1 Å². The summed E-state index contributed by atoms with van der Waals surface area (Å²) in [4.78, 5) is 20.3. The van der Waals surface area contributed by atoms with Crippen LogP contribution in [0.1, 0.15) is 30.6 Å². The SMILES string of the molecule is CCC(C)N1CCN(C(=O)c2c[nH]c3ccccc23)CC1. The quantitative estimate of drug-likeness (QED) is 0.942. The average Bonchev–Trinajstić information content (AvgIpc) is 2.97. The average molecular weight is 285 g/mol. The Hall–Kier alpha value is -1.81. The van der Waals surface area contributed by atoms with Crippen molar-refractivity contribution in [3.63, 3.8) is 0 Å². The first kappa shape index (κ1) is 14.1. The molecule has 1 atom stereocenters. The molecule has 21 heavy (non-hydrogen) atoms. The van der Waals surface area contributed by atoms with Crippen LogP contribution in [0.5, 0.6) is 0 Å². The number of aromatic amines is 1. The number of rotatable bonds is 3. The highest BCUT2D eigenvalue weighted by atomic mass is 16.2. The number of para-hydroxylation sites is 1. The van der Waals surface area contributed by atoms with E-state index in [-0.39, 0.29) is 5.91 Å². The van der Waals surface area contributed by atoms with Gasteiger partial charge in [0.15, 0.2) is 0 Å². The van der Waals surface area contributed by atoms with Crippen LogP contribution in [0.25, 0.3) is 10.9 Å². The highest BCUT2D eigenvalue weighted by Crippen LogP contribution is 2.20. The first-order valence-corrected chi connectivity index (χ1v) is 7.80. The maximum Gasteiger partial charge on any atom is 0.256 e. The molecule has 2 aromatic rings. The van der Waals surface area contributed by atoms with Gasteiger partial charge in [0.2, 0.25) is 0 Å². The molecule has 1 N–H and O–H groups in total. The second kappa shape index (κ2) is 5.90. The molecule has 3 rings (SSSR count). The topological polar surface area (TPSA) is 39.3 Å². The number of aromatic nitrogens is 1. The Balaban J connectivity index is 1.72. The lowest BCUT2D eigenvalue weighted by Gasteiger charge is -2.37. The van der Waals surface area contributed by atoms with Crippen LogP contribution in [0, 0.1) is 0 Å². The van der Waals surface area contributed by atoms with Crippen LogP contribution >= 0.6 is 0 Å². The molecule has 0 spiro atoms. The molecule has 4 heteroatoms. The van der Waals surface area contributed by atoms with E-state index in [4.69, 9.17) is 0 Å². The number of hydrogen-bond donors (Lipinski definition) is 1. The molecule has 1 aromatic heterocycles. The Morgan fingerprint density at radius 1 is 1.24 bits per heavy atom. The number of amides is 1. The Labute approximate surface area is 125 Å². The van der Waals surface area contributed by atoms with E-state index in [1.807, 2.05) is 35.4 Å². The number of H-pyrrole nitrogens is 1. The van der Waals surface area contributed by atoms with Gasteiger partial charge in [-0.05, 0) is 19.4 Å².